The van der Waals surface area contributed by atoms with Crippen molar-refractivity contribution >= 4 is 0 Å². The Morgan fingerprint density at radius 2 is 1.07 bits per heavy atom. The van der Waals surface area contributed by atoms with Crippen molar-refractivity contribution in [3.05, 3.63) is 25.3 Å². The molecule has 0 aliphatic carbocycles. The second-order valence-corrected chi connectivity index (χ2v) is 4.52. The molecule has 0 amide bonds. The van der Waals surface area contributed by atoms with Crippen molar-refractivity contribution in [1.29, 1.82) is 0 Å². The molecular weight excluding hydrogens is 168 g/mol. The van der Waals surface area contributed by atoms with Gasteiger partial charge in [-0.2, -0.15) is 0 Å². The molecule has 0 spiro atoms. The number of rotatable bonds is 6. The first-order chi connectivity index (χ1) is 6.54. The highest BCUT2D eigenvalue weighted by Crippen LogP contribution is 2.02. The molecule has 84 valence electrons. The number of allylic oxidation sites excluding steroid dienone is 2. The Morgan fingerprint density at radius 3 is 1.14 bits per heavy atom. The highest BCUT2D eigenvalue weighted by atomic mass is 13.9. The molecule has 0 heterocycles. The summed E-state index contributed by atoms with van der Waals surface area (Å²) >= 11 is 0. The van der Waals surface area contributed by atoms with Crippen LogP contribution in [0.1, 0.15) is 53.4 Å². The van der Waals surface area contributed by atoms with Crippen LogP contribution >= 0.6 is 0 Å². The lowest BCUT2D eigenvalue weighted by Gasteiger charge is -1.96. The summed E-state index contributed by atoms with van der Waals surface area (Å²) < 4.78 is 0. The van der Waals surface area contributed by atoms with Gasteiger partial charge < -0.3 is 0 Å². The molecule has 0 bridgehead atoms. The quantitative estimate of drug-likeness (QED) is 0.511. The molecule has 0 atom stereocenters. The van der Waals surface area contributed by atoms with E-state index in [0.29, 0.717) is 0 Å². The maximum atomic E-state index is 3.63. The van der Waals surface area contributed by atoms with Crippen LogP contribution in [0, 0.1) is 11.8 Å². The van der Waals surface area contributed by atoms with Crippen molar-refractivity contribution in [1.82, 2.24) is 0 Å². The summed E-state index contributed by atoms with van der Waals surface area (Å²) in [6, 6.07) is 0. The van der Waals surface area contributed by atoms with Gasteiger partial charge in [-0.15, -0.1) is 13.2 Å². The molecule has 14 heavy (non-hydrogen) atoms. The normalized spacial score (nSPS) is 9.57. The second-order valence-electron chi connectivity index (χ2n) is 4.52. The Kier molecular flexibility index (Phi) is 14.2. The van der Waals surface area contributed by atoms with E-state index in [-0.39, 0.29) is 0 Å². The first kappa shape index (κ1) is 15.9. The third-order valence-electron chi connectivity index (χ3n) is 1.90. The van der Waals surface area contributed by atoms with Gasteiger partial charge in [0.2, 0.25) is 0 Å². The van der Waals surface area contributed by atoms with Crippen LogP contribution in [0.3, 0.4) is 0 Å². The fourth-order valence-corrected chi connectivity index (χ4v) is 0.902. The third-order valence-corrected chi connectivity index (χ3v) is 1.90. The highest BCUT2D eigenvalue weighted by Gasteiger charge is 1.87. The Hall–Kier alpha value is -0.520. The second kappa shape index (κ2) is 12.5. The van der Waals surface area contributed by atoms with E-state index in [4.69, 9.17) is 0 Å². The Labute approximate surface area is 91.1 Å². The van der Waals surface area contributed by atoms with Crippen molar-refractivity contribution in [2.45, 2.75) is 53.4 Å². The molecule has 0 aliphatic heterocycles. The lowest BCUT2D eigenvalue weighted by molar-refractivity contribution is 0.594. The van der Waals surface area contributed by atoms with Crippen LogP contribution in [0.15, 0.2) is 25.3 Å². The van der Waals surface area contributed by atoms with Gasteiger partial charge in [-0.05, 0) is 37.5 Å². The van der Waals surface area contributed by atoms with Crippen LogP contribution in [0.4, 0.5) is 0 Å². The van der Waals surface area contributed by atoms with Crippen LogP contribution in [-0.2, 0) is 0 Å². The largest absolute Gasteiger partial charge is 0.103 e. The first-order valence-corrected chi connectivity index (χ1v) is 5.76. The van der Waals surface area contributed by atoms with Crippen molar-refractivity contribution in [3.8, 4) is 0 Å². The molecule has 0 unspecified atom stereocenters. The van der Waals surface area contributed by atoms with Crippen molar-refractivity contribution in [2.75, 3.05) is 0 Å². The van der Waals surface area contributed by atoms with Crippen molar-refractivity contribution in [3.63, 3.8) is 0 Å². The molecule has 0 aromatic heterocycles. The van der Waals surface area contributed by atoms with Gasteiger partial charge >= 0.3 is 0 Å². The minimum atomic E-state index is 0.831. The van der Waals surface area contributed by atoms with Crippen LogP contribution in [0.25, 0.3) is 0 Å². The van der Waals surface area contributed by atoms with Gasteiger partial charge in [0.15, 0.2) is 0 Å². The van der Waals surface area contributed by atoms with E-state index in [1.54, 1.807) is 0 Å². The topological polar surface area (TPSA) is 0 Å². The molecule has 0 aliphatic rings. The zero-order valence-electron chi connectivity index (χ0n) is 10.6. The molecule has 0 N–H and O–H groups in total. The van der Waals surface area contributed by atoms with Gasteiger partial charge in [0, 0.05) is 0 Å². The zero-order valence-corrected chi connectivity index (χ0v) is 10.6. The average Bonchev–Trinajstić information content (AvgIpc) is 2.12. The zero-order chi connectivity index (χ0) is 11.4. The summed E-state index contributed by atoms with van der Waals surface area (Å²) in [4.78, 5) is 0. The minimum absolute atomic E-state index is 0.831. The van der Waals surface area contributed by atoms with Gasteiger partial charge in [0.25, 0.3) is 0 Å². The molecule has 0 fully saturated rings. The lowest BCUT2D eigenvalue weighted by atomic mass is 10.1. The minimum Gasteiger partial charge on any atom is -0.103 e. The smallest absolute Gasteiger partial charge is 0.0351 e. The van der Waals surface area contributed by atoms with E-state index < -0.39 is 0 Å². The Balaban J connectivity index is 0. The van der Waals surface area contributed by atoms with Gasteiger partial charge in [-0.1, -0.05) is 39.8 Å². The molecule has 0 aromatic rings. The van der Waals surface area contributed by atoms with Crippen LogP contribution in [-0.4, -0.2) is 0 Å². The molecule has 0 heteroatoms. The Morgan fingerprint density at radius 1 is 0.786 bits per heavy atom. The standard InChI is InChI=1S/2C7H14/c2*1-4-5-6-7(2)3/h2*4,7H,1,5-6H2,2-3H3. The SMILES string of the molecule is C=CCCC(C)C.C=CCCC(C)C. The summed E-state index contributed by atoms with van der Waals surface area (Å²) in [6.07, 6.45) is 8.84. The van der Waals surface area contributed by atoms with Gasteiger partial charge in [-0.25, -0.2) is 0 Å². The van der Waals surface area contributed by atoms with E-state index in [0.717, 1.165) is 24.7 Å². The Bertz CT molecular complexity index is 104. The monoisotopic (exact) mass is 196 g/mol. The first-order valence-electron chi connectivity index (χ1n) is 5.76. The summed E-state index contributed by atoms with van der Waals surface area (Å²) in [5, 5.41) is 0. The van der Waals surface area contributed by atoms with Gasteiger partial charge in [0.1, 0.15) is 0 Å². The van der Waals surface area contributed by atoms with Crippen molar-refractivity contribution < 1.29 is 0 Å². The third kappa shape index (κ3) is 22.5. The predicted molar refractivity (Wildman–Crippen MR) is 68.5 cm³/mol. The van der Waals surface area contributed by atoms with E-state index in [2.05, 4.69) is 40.9 Å². The fourth-order valence-electron chi connectivity index (χ4n) is 0.902. The van der Waals surface area contributed by atoms with Gasteiger partial charge in [-0.3, -0.25) is 0 Å². The molecular formula is C14H28. The lowest BCUT2D eigenvalue weighted by Crippen LogP contribution is -1.82. The van der Waals surface area contributed by atoms with E-state index >= 15 is 0 Å². The summed E-state index contributed by atoms with van der Waals surface area (Å²) in [5.41, 5.74) is 0. The molecule has 0 saturated carbocycles. The molecule has 0 nitrogen and oxygen atoms in total. The van der Waals surface area contributed by atoms with Crippen molar-refractivity contribution in [2.24, 2.45) is 11.8 Å². The van der Waals surface area contributed by atoms with E-state index in [9.17, 15) is 0 Å². The van der Waals surface area contributed by atoms with Crippen LogP contribution in [0.2, 0.25) is 0 Å². The molecule has 0 aromatic carbocycles. The average molecular weight is 196 g/mol. The van der Waals surface area contributed by atoms with E-state index in [1.807, 2.05) is 12.2 Å². The molecule has 0 saturated heterocycles. The fraction of sp³-hybridized carbons (Fsp3) is 0.714. The number of hydrogen-bond acceptors (Lipinski definition) is 0. The summed E-state index contributed by atoms with van der Waals surface area (Å²) in [5.74, 6) is 1.66. The maximum Gasteiger partial charge on any atom is -0.0351 e. The van der Waals surface area contributed by atoms with E-state index in [1.165, 1.54) is 12.8 Å². The van der Waals surface area contributed by atoms with Crippen LogP contribution in [0.5, 0.6) is 0 Å². The molecule has 0 rings (SSSR count). The molecule has 0 radical (unpaired) electrons. The summed E-state index contributed by atoms with van der Waals surface area (Å²) in [7, 11) is 0. The predicted octanol–water partition coefficient (Wildman–Crippen LogP) is 5.22. The summed E-state index contributed by atoms with van der Waals surface area (Å²) in [6.45, 7) is 16.2. The maximum absolute atomic E-state index is 3.63. The highest BCUT2D eigenvalue weighted by molar-refractivity contribution is 4.66. The van der Waals surface area contributed by atoms with Crippen LogP contribution < -0.4 is 0 Å². The van der Waals surface area contributed by atoms with Gasteiger partial charge in [0.05, 0.1) is 0 Å². The number of hydrogen-bond donors (Lipinski definition) is 0.